The molecule has 0 atom stereocenters. The van der Waals surface area contributed by atoms with Crippen LogP contribution in [0.5, 0.6) is 0 Å². The molecule has 3 N–H and O–H groups in total. The highest BCUT2D eigenvalue weighted by molar-refractivity contribution is 7.86. The minimum atomic E-state index is -4.63. The van der Waals surface area contributed by atoms with Crippen molar-refractivity contribution in [1.82, 2.24) is 0 Å². The fourth-order valence-electron chi connectivity index (χ4n) is 8.08. The van der Waals surface area contributed by atoms with Gasteiger partial charge in [-0.25, -0.2) is 0 Å². The first-order chi connectivity index (χ1) is 25.6. The molecule has 292 valence electrons. The van der Waals surface area contributed by atoms with Crippen LogP contribution in [-0.2, 0) is 30.4 Å². The van der Waals surface area contributed by atoms with E-state index in [0.29, 0.717) is 63.4 Å². The maximum absolute atomic E-state index is 12.7. The van der Waals surface area contributed by atoms with Crippen LogP contribution in [0.3, 0.4) is 0 Å². The van der Waals surface area contributed by atoms with E-state index in [1.807, 2.05) is 86.0 Å². The molecule has 11 nitrogen and oxygen atoms in total. The number of aryl methyl sites for hydroxylation is 4. The molecule has 0 radical (unpaired) electrons. The van der Waals surface area contributed by atoms with Crippen LogP contribution >= 0.6 is 0 Å². The molecule has 0 spiro atoms. The molecular weight excluding hydrogens is 761 g/mol. The Morgan fingerprint density at radius 1 is 0.509 bits per heavy atom. The Kier molecular flexibility index (Phi) is 11.7. The Morgan fingerprint density at radius 2 is 0.873 bits per heavy atom. The van der Waals surface area contributed by atoms with E-state index in [1.54, 1.807) is 52.0 Å². The molecule has 0 heterocycles. The summed E-state index contributed by atoms with van der Waals surface area (Å²) < 4.78 is 105. The average Bonchev–Trinajstić information content (AvgIpc) is 3.07. The maximum Gasteiger partial charge on any atom is 0.295 e. The van der Waals surface area contributed by atoms with Crippen molar-refractivity contribution < 1.29 is 38.9 Å². The van der Waals surface area contributed by atoms with E-state index in [0.717, 1.165) is 22.5 Å². The summed E-state index contributed by atoms with van der Waals surface area (Å²) in [5.41, 5.74) is 7.83. The molecule has 5 aromatic carbocycles. The number of hydrogen-bond acceptors (Lipinski definition) is 8. The molecule has 14 heteroatoms. The lowest BCUT2D eigenvalue weighted by molar-refractivity contribution is 0.479. The van der Waals surface area contributed by atoms with E-state index >= 15 is 0 Å². The molecule has 0 aromatic heterocycles. The molecule has 0 amide bonds. The third-order valence-corrected chi connectivity index (χ3v) is 13.2. The Bertz CT molecular complexity index is 2460. The van der Waals surface area contributed by atoms with E-state index in [-0.39, 0.29) is 14.7 Å². The first-order valence-corrected chi connectivity index (χ1v) is 21.9. The van der Waals surface area contributed by atoms with Crippen LogP contribution in [0, 0.1) is 41.5 Å². The van der Waals surface area contributed by atoms with Crippen molar-refractivity contribution in [3.8, 4) is 0 Å². The fourth-order valence-corrected chi connectivity index (χ4v) is 10.7. The Hall–Kier alpha value is -4.57. The molecule has 0 fully saturated rings. The van der Waals surface area contributed by atoms with Crippen LogP contribution in [0.2, 0.25) is 0 Å². The zero-order valence-electron chi connectivity index (χ0n) is 32.0. The standard InChI is InChI=1S/C41H46N2O9S3/c1-9-42(38-25(3)23-27(5)40(29(38)7)54(47,48)49)33-19-15-31(16-20-33)37(35-13-11-12-14-36(35)53(44,45)46)32-17-21-34(22-18-32)43(10-2)39-26(4)24-28(6)41(30(39)8)55(50,51)52/h11-24,37H,9-10H2,1-8H3,(H,44,45,46)(H,47,48,49)(H,50,51,52). The van der Waals surface area contributed by atoms with E-state index in [4.69, 9.17) is 0 Å². The Morgan fingerprint density at radius 3 is 1.20 bits per heavy atom. The van der Waals surface area contributed by atoms with Crippen LogP contribution < -0.4 is 9.80 Å². The van der Waals surface area contributed by atoms with Gasteiger partial charge in [-0.1, -0.05) is 54.6 Å². The quantitative estimate of drug-likeness (QED) is 0.0814. The number of nitrogens with zero attached hydrogens (tertiary/aromatic N) is 2. The summed E-state index contributed by atoms with van der Waals surface area (Å²) in [5.74, 6) is -0.672. The summed E-state index contributed by atoms with van der Waals surface area (Å²) in [4.78, 5) is 3.37. The van der Waals surface area contributed by atoms with Crippen molar-refractivity contribution in [3.63, 3.8) is 0 Å². The molecular formula is C41H46N2O9S3. The molecule has 5 aromatic rings. The molecule has 0 saturated heterocycles. The highest BCUT2D eigenvalue weighted by Gasteiger charge is 2.28. The van der Waals surface area contributed by atoms with Gasteiger partial charge in [0, 0.05) is 41.8 Å². The van der Waals surface area contributed by atoms with Gasteiger partial charge in [-0.3, -0.25) is 13.7 Å². The van der Waals surface area contributed by atoms with Gasteiger partial charge < -0.3 is 9.80 Å². The predicted molar refractivity (Wildman–Crippen MR) is 216 cm³/mol. The first kappa shape index (κ1) is 41.6. The smallest absolute Gasteiger partial charge is 0.295 e. The molecule has 55 heavy (non-hydrogen) atoms. The van der Waals surface area contributed by atoms with Crippen molar-refractivity contribution in [1.29, 1.82) is 0 Å². The summed E-state index contributed by atoms with van der Waals surface area (Å²) in [6.45, 7) is 15.1. The highest BCUT2D eigenvalue weighted by Crippen LogP contribution is 2.41. The third-order valence-electron chi connectivity index (χ3n) is 9.99. The molecule has 0 aliphatic carbocycles. The normalized spacial score (nSPS) is 12.3. The minimum absolute atomic E-state index is 0.137. The van der Waals surface area contributed by atoms with Crippen molar-refractivity contribution in [2.75, 3.05) is 22.9 Å². The Labute approximate surface area is 324 Å². The fraction of sp³-hybridized carbons (Fsp3) is 0.268. The van der Waals surface area contributed by atoms with Crippen molar-refractivity contribution in [2.45, 2.75) is 76.0 Å². The number of rotatable bonds is 12. The lowest BCUT2D eigenvalue weighted by Crippen LogP contribution is -2.20. The summed E-state index contributed by atoms with van der Waals surface area (Å²) in [6.07, 6.45) is 0. The van der Waals surface area contributed by atoms with Crippen LogP contribution in [0.1, 0.15) is 69.8 Å². The van der Waals surface area contributed by atoms with Crippen molar-refractivity contribution in [3.05, 3.63) is 135 Å². The van der Waals surface area contributed by atoms with Gasteiger partial charge in [-0.15, -0.1) is 0 Å². The summed E-state index contributed by atoms with van der Waals surface area (Å²) >= 11 is 0. The van der Waals surface area contributed by atoms with E-state index < -0.39 is 36.3 Å². The minimum Gasteiger partial charge on any atom is -0.341 e. The molecule has 5 rings (SSSR count). The van der Waals surface area contributed by atoms with Gasteiger partial charge in [0.25, 0.3) is 30.4 Å². The number of hydrogen-bond donors (Lipinski definition) is 3. The van der Waals surface area contributed by atoms with Crippen molar-refractivity contribution >= 4 is 53.1 Å². The average molecular weight is 807 g/mol. The molecule has 0 bridgehead atoms. The number of anilines is 4. The van der Waals surface area contributed by atoms with Crippen LogP contribution in [-0.4, -0.2) is 52.0 Å². The number of benzene rings is 5. The van der Waals surface area contributed by atoms with Gasteiger partial charge in [0.1, 0.15) is 9.79 Å². The van der Waals surface area contributed by atoms with E-state index in [1.165, 1.54) is 12.1 Å². The second kappa shape index (κ2) is 15.5. The summed E-state index contributed by atoms with van der Waals surface area (Å²) in [7, 11) is -13.6. The van der Waals surface area contributed by atoms with Gasteiger partial charge in [-0.05, 0) is 136 Å². The zero-order valence-corrected chi connectivity index (χ0v) is 34.4. The van der Waals surface area contributed by atoms with Gasteiger partial charge in [-0.2, -0.15) is 25.3 Å². The van der Waals surface area contributed by atoms with Crippen LogP contribution in [0.25, 0.3) is 0 Å². The largest absolute Gasteiger partial charge is 0.341 e. The van der Waals surface area contributed by atoms with Gasteiger partial charge in [0.15, 0.2) is 0 Å². The Balaban J connectivity index is 1.65. The third kappa shape index (κ3) is 8.20. The zero-order chi connectivity index (χ0) is 40.8. The summed E-state index contributed by atoms with van der Waals surface area (Å²) in [6, 6.07) is 24.5. The topological polar surface area (TPSA) is 170 Å². The van der Waals surface area contributed by atoms with Gasteiger partial charge in [0.2, 0.25) is 0 Å². The SMILES string of the molecule is CCN(c1ccc(C(c2ccc(N(CC)c3c(C)cc(C)c(S(=O)(=O)O)c3C)cc2)c2ccccc2S(=O)(=O)O)cc1)c1c(C)cc(C)c(S(=O)(=O)O)c1C. The lowest BCUT2D eigenvalue weighted by Gasteiger charge is -2.30. The lowest BCUT2D eigenvalue weighted by atomic mass is 9.85. The second-order valence-electron chi connectivity index (χ2n) is 13.7. The van der Waals surface area contributed by atoms with Crippen molar-refractivity contribution in [2.24, 2.45) is 0 Å². The predicted octanol–water partition coefficient (Wildman–Crippen LogP) is 8.77. The van der Waals surface area contributed by atoms with Crippen LogP contribution in [0.15, 0.2) is 99.6 Å². The molecule has 0 aliphatic rings. The highest BCUT2D eigenvalue weighted by atomic mass is 32.2. The van der Waals surface area contributed by atoms with Gasteiger partial charge in [0.05, 0.1) is 4.90 Å². The molecule has 0 aliphatic heterocycles. The molecule has 0 saturated carbocycles. The summed E-state index contributed by atoms with van der Waals surface area (Å²) in [5, 5.41) is 0. The van der Waals surface area contributed by atoms with Gasteiger partial charge >= 0.3 is 0 Å². The van der Waals surface area contributed by atoms with Crippen LogP contribution in [0.4, 0.5) is 22.7 Å². The first-order valence-electron chi connectivity index (χ1n) is 17.6. The maximum atomic E-state index is 12.7. The van der Waals surface area contributed by atoms with E-state index in [9.17, 15) is 38.9 Å². The second-order valence-corrected chi connectivity index (χ2v) is 17.8. The van der Waals surface area contributed by atoms with E-state index in [2.05, 4.69) is 0 Å². The monoisotopic (exact) mass is 806 g/mol. The molecule has 0 unspecified atom stereocenters.